The Morgan fingerprint density at radius 3 is 2.46 bits per heavy atom. The van der Waals surface area contributed by atoms with Crippen molar-refractivity contribution in [2.45, 2.75) is 95.5 Å². The highest BCUT2D eigenvalue weighted by Gasteiger charge is 2.30. The Morgan fingerprint density at radius 1 is 0.971 bits per heavy atom. The molecule has 3 atom stereocenters. The maximum atomic E-state index is 13.4. The Labute approximate surface area is 211 Å². The maximum Gasteiger partial charge on any atom is 0.243 e. The maximum absolute atomic E-state index is 13.4. The van der Waals surface area contributed by atoms with Crippen molar-refractivity contribution in [1.29, 1.82) is 0 Å². The van der Waals surface area contributed by atoms with Crippen LogP contribution < -0.4 is 0 Å². The van der Waals surface area contributed by atoms with Gasteiger partial charge < -0.3 is 9.80 Å². The highest BCUT2D eigenvalue weighted by Crippen LogP contribution is 2.29. The molecule has 0 radical (unpaired) electrons. The molecule has 2 fully saturated rings. The number of hydrogen-bond acceptors (Lipinski definition) is 5. The zero-order valence-electron chi connectivity index (χ0n) is 21.0. The van der Waals surface area contributed by atoms with Crippen LogP contribution in [0.25, 0.3) is 16.8 Å². The summed E-state index contributed by atoms with van der Waals surface area (Å²) < 4.78 is 3.97. The molecule has 0 bridgehead atoms. The highest BCUT2D eigenvalue weighted by atomic mass is 32.2. The zero-order valence-corrected chi connectivity index (χ0v) is 21.8. The molecular formula is C26H36N6O2S. The van der Waals surface area contributed by atoms with E-state index in [1.54, 1.807) is 0 Å². The molecule has 2 amide bonds. The van der Waals surface area contributed by atoms with Crippen LogP contribution in [-0.4, -0.2) is 71.2 Å². The molecule has 4 heterocycles. The van der Waals surface area contributed by atoms with Crippen molar-refractivity contribution in [3.05, 3.63) is 24.3 Å². The zero-order chi connectivity index (χ0) is 24.5. The van der Waals surface area contributed by atoms with Crippen LogP contribution >= 0.6 is 11.8 Å². The van der Waals surface area contributed by atoms with E-state index >= 15 is 0 Å². The Balaban J connectivity index is 1.41. The highest BCUT2D eigenvalue weighted by molar-refractivity contribution is 7.99. The van der Waals surface area contributed by atoms with Gasteiger partial charge in [0.1, 0.15) is 6.54 Å². The van der Waals surface area contributed by atoms with Crippen LogP contribution in [-0.2, 0) is 16.1 Å². The van der Waals surface area contributed by atoms with E-state index in [0.717, 1.165) is 49.7 Å². The monoisotopic (exact) mass is 496 g/mol. The van der Waals surface area contributed by atoms with Crippen molar-refractivity contribution < 1.29 is 9.59 Å². The molecule has 35 heavy (non-hydrogen) atoms. The minimum absolute atomic E-state index is 0.121. The van der Waals surface area contributed by atoms with Crippen LogP contribution in [0.15, 0.2) is 29.4 Å². The lowest BCUT2D eigenvalue weighted by Crippen LogP contribution is -2.48. The van der Waals surface area contributed by atoms with Crippen LogP contribution in [0.5, 0.6) is 0 Å². The molecule has 0 aliphatic carbocycles. The average molecular weight is 497 g/mol. The Bertz CT molecular complexity index is 1210. The number of carbonyl (C=O) groups is 2. The predicted molar refractivity (Wildman–Crippen MR) is 138 cm³/mol. The van der Waals surface area contributed by atoms with E-state index in [0.29, 0.717) is 22.7 Å². The molecular weight excluding hydrogens is 460 g/mol. The molecule has 0 N–H and O–H groups in total. The first-order valence-electron chi connectivity index (χ1n) is 13.0. The molecule has 0 saturated carbocycles. The van der Waals surface area contributed by atoms with E-state index in [-0.39, 0.29) is 30.4 Å². The van der Waals surface area contributed by atoms with Crippen molar-refractivity contribution >= 4 is 40.4 Å². The summed E-state index contributed by atoms with van der Waals surface area (Å²) in [5.74, 6) is 1.29. The lowest BCUT2D eigenvalue weighted by molar-refractivity contribution is -0.137. The summed E-state index contributed by atoms with van der Waals surface area (Å²) in [6.07, 6.45) is 7.65. The van der Waals surface area contributed by atoms with Crippen molar-refractivity contribution in [2.75, 3.05) is 12.3 Å². The summed E-state index contributed by atoms with van der Waals surface area (Å²) in [6.45, 7) is 7.53. The van der Waals surface area contributed by atoms with Crippen molar-refractivity contribution in [3.63, 3.8) is 0 Å². The first-order valence-corrected chi connectivity index (χ1v) is 14.0. The van der Waals surface area contributed by atoms with Gasteiger partial charge in [0.25, 0.3) is 0 Å². The molecule has 2 aliphatic heterocycles. The van der Waals surface area contributed by atoms with Crippen LogP contribution in [0.1, 0.15) is 65.7 Å². The van der Waals surface area contributed by atoms with Gasteiger partial charge >= 0.3 is 0 Å². The summed E-state index contributed by atoms with van der Waals surface area (Å²) in [4.78, 5) is 30.6. The number of imidazole rings is 1. The number of benzene rings is 1. The molecule has 1 aromatic carbocycles. The quantitative estimate of drug-likeness (QED) is 0.474. The number of fused-ring (bicyclic) bond motifs is 3. The molecule has 0 unspecified atom stereocenters. The fraction of sp³-hybridized carbons (Fsp3) is 0.615. The van der Waals surface area contributed by atoms with Gasteiger partial charge in [-0.1, -0.05) is 30.8 Å². The molecule has 2 aromatic heterocycles. The number of para-hydroxylation sites is 2. The number of thioether (sulfide) groups is 1. The standard InChI is InChI=1S/C26H36N6O2S/c1-4-20-12-7-8-15-29(20)24(34)17-35-26-28-27-25-30(21-13-5-6-14-22(21)32(25)26)16-23(33)31-18(2)10-9-11-19(31)3/h5-6,13-14,18-20H,4,7-12,15-17H2,1-3H3/t18-,19-,20-/m0/s1. The number of amides is 2. The SMILES string of the molecule is CC[C@H]1CCCCN1C(=O)CSc1nnc2n(CC(=O)N3[C@@H](C)CCC[C@@H]3C)c3ccccc3n12. The normalized spacial score (nSPS) is 23.3. The number of rotatable bonds is 6. The molecule has 188 valence electrons. The van der Waals surface area contributed by atoms with E-state index in [2.05, 4.69) is 35.9 Å². The number of likely N-dealkylation sites (tertiary alicyclic amines) is 2. The van der Waals surface area contributed by atoms with E-state index in [9.17, 15) is 9.59 Å². The average Bonchev–Trinajstić information content (AvgIpc) is 3.41. The molecule has 0 spiro atoms. The number of aromatic nitrogens is 4. The molecule has 8 nitrogen and oxygen atoms in total. The minimum atomic E-state index is 0.121. The van der Waals surface area contributed by atoms with Crippen LogP contribution in [0, 0.1) is 0 Å². The second-order valence-corrected chi connectivity index (χ2v) is 11.0. The summed E-state index contributed by atoms with van der Waals surface area (Å²) in [7, 11) is 0. The molecule has 3 aromatic rings. The third kappa shape index (κ3) is 4.55. The summed E-state index contributed by atoms with van der Waals surface area (Å²) in [5.41, 5.74) is 1.91. The molecule has 2 saturated heterocycles. The number of nitrogens with zero attached hydrogens (tertiary/aromatic N) is 6. The lowest BCUT2D eigenvalue weighted by atomic mass is 9.97. The smallest absolute Gasteiger partial charge is 0.243 e. The van der Waals surface area contributed by atoms with Crippen molar-refractivity contribution in [1.82, 2.24) is 29.0 Å². The van der Waals surface area contributed by atoms with Crippen molar-refractivity contribution in [2.24, 2.45) is 0 Å². The van der Waals surface area contributed by atoms with Crippen LogP contribution in [0.3, 0.4) is 0 Å². The van der Waals surface area contributed by atoms with E-state index < -0.39 is 0 Å². The van der Waals surface area contributed by atoms with E-state index in [1.165, 1.54) is 24.6 Å². The molecule has 9 heteroatoms. The third-order valence-corrected chi connectivity index (χ3v) is 8.70. The first kappa shape index (κ1) is 24.2. The fourth-order valence-electron chi connectivity index (χ4n) is 5.98. The Morgan fingerprint density at radius 2 is 1.71 bits per heavy atom. The number of carbonyl (C=O) groups excluding carboxylic acids is 2. The van der Waals surface area contributed by atoms with Gasteiger partial charge in [-0.05, 0) is 70.9 Å². The van der Waals surface area contributed by atoms with Gasteiger partial charge in [-0.15, -0.1) is 10.2 Å². The van der Waals surface area contributed by atoms with Crippen LogP contribution in [0.4, 0.5) is 0 Å². The van der Waals surface area contributed by atoms with Gasteiger partial charge in [-0.3, -0.25) is 18.6 Å². The molecule has 2 aliphatic rings. The van der Waals surface area contributed by atoms with Gasteiger partial charge in [-0.25, -0.2) is 0 Å². The van der Waals surface area contributed by atoms with Gasteiger partial charge in [0.15, 0.2) is 5.16 Å². The Kier molecular flexibility index (Phi) is 7.05. The molecule has 5 rings (SSSR count). The first-order chi connectivity index (χ1) is 17.0. The predicted octanol–water partition coefficient (Wildman–Crippen LogP) is 4.36. The summed E-state index contributed by atoms with van der Waals surface area (Å²) in [5, 5.41) is 9.60. The fourth-order valence-corrected chi connectivity index (χ4v) is 6.80. The largest absolute Gasteiger partial charge is 0.339 e. The van der Waals surface area contributed by atoms with E-state index in [4.69, 9.17) is 0 Å². The number of hydrogen-bond donors (Lipinski definition) is 0. The minimum Gasteiger partial charge on any atom is -0.339 e. The van der Waals surface area contributed by atoms with Crippen LogP contribution in [0.2, 0.25) is 0 Å². The van der Waals surface area contributed by atoms with Gasteiger partial charge in [-0.2, -0.15) is 0 Å². The summed E-state index contributed by atoms with van der Waals surface area (Å²) >= 11 is 1.44. The topological polar surface area (TPSA) is 75.7 Å². The second-order valence-electron chi connectivity index (χ2n) is 10.1. The van der Waals surface area contributed by atoms with Crippen molar-refractivity contribution in [3.8, 4) is 0 Å². The van der Waals surface area contributed by atoms with Gasteiger partial charge in [0.2, 0.25) is 17.6 Å². The lowest BCUT2D eigenvalue weighted by Gasteiger charge is -2.39. The van der Waals surface area contributed by atoms with Gasteiger partial charge in [0, 0.05) is 24.7 Å². The third-order valence-electron chi connectivity index (χ3n) is 7.79. The van der Waals surface area contributed by atoms with Gasteiger partial charge in [0.05, 0.1) is 16.8 Å². The second kappa shape index (κ2) is 10.2. The number of piperidine rings is 2. The Hall–Kier alpha value is -2.55. The summed E-state index contributed by atoms with van der Waals surface area (Å²) in [6, 6.07) is 8.88. The van der Waals surface area contributed by atoms with E-state index in [1.807, 2.05) is 38.1 Å².